The molecule has 0 saturated heterocycles. The van der Waals surface area contributed by atoms with Crippen molar-refractivity contribution in [3.63, 3.8) is 0 Å². The Bertz CT molecular complexity index is 896. The molecule has 0 bridgehead atoms. The Balaban J connectivity index is 1.84. The molecule has 1 aliphatic rings. The van der Waals surface area contributed by atoms with Crippen LogP contribution in [0.1, 0.15) is 30.5 Å². The van der Waals surface area contributed by atoms with Crippen LogP contribution in [0.2, 0.25) is 0 Å². The van der Waals surface area contributed by atoms with E-state index in [0.717, 1.165) is 15.9 Å². The fourth-order valence-corrected chi connectivity index (χ4v) is 2.62. The van der Waals surface area contributed by atoms with E-state index >= 15 is 0 Å². The van der Waals surface area contributed by atoms with Gasteiger partial charge in [-0.3, -0.25) is 14.3 Å². The molecule has 0 amide bonds. The first-order chi connectivity index (χ1) is 11.5. The van der Waals surface area contributed by atoms with Gasteiger partial charge in [0.05, 0.1) is 18.4 Å². The number of aromatic amines is 1. The fraction of sp³-hybridized carbons (Fsp3) is 0.312. The third-order valence-corrected chi connectivity index (χ3v) is 3.93. The summed E-state index contributed by atoms with van der Waals surface area (Å²) >= 11 is 0. The molecule has 0 fully saturated rings. The molecule has 0 saturated carbocycles. The molecule has 2 aromatic rings. The number of aromatic hydroxyl groups is 1. The van der Waals surface area contributed by atoms with E-state index in [0.29, 0.717) is 18.7 Å². The van der Waals surface area contributed by atoms with Gasteiger partial charge in [-0.05, 0) is 24.6 Å². The predicted molar refractivity (Wildman–Crippen MR) is 88.6 cm³/mol. The average Bonchev–Trinajstić information content (AvgIpc) is 3.03. The summed E-state index contributed by atoms with van der Waals surface area (Å²) in [5.74, 6) is 0.393. The number of nitrogens with one attached hydrogen (secondary N) is 2. The molecule has 0 spiro atoms. The number of hydrogen-bond acceptors (Lipinski definition) is 6. The summed E-state index contributed by atoms with van der Waals surface area (Å²) in [5.41, 5.74) is 3.04. The van der Waals surface area contributed by atoms with Gasteiger partial charge in [-0.15, -0.1) is 0 Å². The molecule has 0 aliphatic carbocycles. The second-order valence-corrected chi connectivity index (χ2v) is 5.46. The highest BCUT2D eigenvalue weighted by Crippen LogP contribution is 2.27. The van der Waals surface area contributed by atoms with Crippen molar-refractivity contribution < 1.29 is 9.84 Å². The first-order valence-corrected chi connectivity index (χ1v) is 7.58. The SMILES string of the molecule is CCOc1ccc([C@H]2CC(c3c(O)n(C)c(=O)[nH]c3=O)=NN2)cc1. The summed E-state index contributed by atoms with van der Waals surface area (Å²) in [7, 11) is 1.38. The lowest BCUT2D eigenvalue weighted by Gasteiger charge is -2.11. The number of hydrogen-bond donors (Lipinski definition) is 3. The minimum absolute atomic E-state index is 0.0121. The maximum atomic E-state index is 12.0. The zero-order chi connectivity index (χ0) is 17.3. The Morgan fingerprint density at radius 1 is 1.33 bits per heavy atom. The normalized spacial score (nSPS) is 16.6. The second kappa shape index (κ2) is 6.23. The largest absolute Gasteiger partial charge is 0.494 e. The first kappa shape index (κ1) is 15.9. The highest BCUT2D eigenvalue weighted by atomic mass is 16.5. The minimum Gasteiger partial charge on any atom is -0.494 e. The van der Waals surface area contributed by atoms with Crippen LogP contribution in [-0.4, -0.2) is 27.0 Å². The number of ether oxygens (including phenoxy) is 1. The van der Waals surface area contributed by atoms with Crippen LogP contribution in [0.3, 0.4) is 0 Å². The van der Waals surface area contributed by atoms with Crippen molar-refractivity contribution in [2.75, 3.05) is 6.61 Å². The van der Waals surface area contributed by atoms with E-state index < -0.39 is 17.1 Å². The van der Waals surface area contributed by atoms with Gasteiger partial charge >= 0.3 is 5.69 Å². The number of rotatable bonds is 4. The van der Waals surface area contributed by atoms with Gasteiger partial charge in [-0.2, -0.15) is 5.10 Å². The monoisotopic (exact) mass is 330 g/mol. The van der Waals surface area contributed by atoms with Crippen molar-refractivity contribution in [3.05, 3.63) is 56.2 Å². The maximum Gasteiger partial charge on any atom is 0.330 e. The molecule has 1 atom stereocenters. The van der Waals surface area contributed by atoms with Crippen LogP contribution in [-0.2, 0) is 7.05 Å². The van der Waals surface area contributed by atoms with E-state index in [9.17, 15) is 14.7 Å². The lowest BCUT2D eigenvalue weighted by molar-refractivity contribution is 0.340. The van der Waals surface area contributed by atoms with Crippen molar-refractivity contribution in [2.24, 2.45) is 12.1 Å². The quantitative estimate of drug-likeness (QED) is 0.761. The van der Waals surface area contributed by atoms with Gasteiger partial charge in [0.1, 0.15) is 11.3 Å². The van der Waals surface area contributed by atoms with Crippen LogP contribution < -0.4 is 21.4 Å². The highest BCUT2D eigenvalue weighted by Gasteiger charge is 2.26. The van der Waals surface area contributed by atoms with E-state index in [1.165, 1.54) is 7.05 Å². The standard InChI is InChI=1S/C16H18N4O4/c1-3-24-10-6-4-9(5-7-10)11-8-12(19-18-11)13-14(21)17-16(23)20(2)15(13)22/h4-7,11,18,22H,3,8H2,1-2H3,(H,17,21,23)/t11-/m1/s1. The average molecular weight is 330 g/mol. The summed E-state index contributed by atoms with van der Waals surface area (Å²) in [5, 5.41) is 14.2. The molecule has 8 heteroatoms. The number of benzene rings is 1. The van der Waals surface area contributed by atoms with Crippen LogP contribution in [0.5, 0.6) is 11.6 Å². The molecule has 1 aromatic carbocycles. The zero-order valence-corrected chi connectivity index (χ0v) is 13.4. The van der Waals surface area contributed by atoms with Gasteiger partial charge in [0.25, 0.3) is 5.56 Å². The highest BCUT2D eigenvalue weighted by molar-refractivity contribution is 6.03. The van der Waals surface area contributed by atoms with Crippen LogP contribution in [0.15, 0.2) is 39.0 Å². The topological polar surface area (TPSA) is 109 Å². The maximum absolute atomic E-state index is 12.0. The number of hydrazone groups is 1. The third-order valence-electron chi connectivity index (χ3n) is 3.93. The van der Waals surface area contributed by atoms with Crippen molar-refractivity contribution in [1.82, 2.24) is 15.0 Å². The Morgan fingerprint density at radius 2 is 2.04 bits per heavy atom. The number of aromatic nitrogens is 2. The fourth-order valence-electron chi connectivity index (χ4n) is 2.62. The predicted octanol–water partition coefficient (Wildman–Crippen LogP) is 0.617. The van der Waals surface area contributed by atoms with Gasteiger partial charge in [0.2, 0.25) is 5.88 Å². The number of nitrogens with zero attached hydrogens (tertiary/aromatic N) is 2. The van der Waals surface area contributed by atoms with E-state index in [4.69, 9.17) is 4.74 Å². The summed E-state index contributed by atoms with van der Waals surface area (Å²) < 4.78 is 6.39. The molecular weight excluding hydrogens is 312 g/mol. The second-order valence-electron chi connectivity index (χ2n) is 5.46. The first-order valence-electron chi connectivity index (χ1n) is 7.58. The summed E-state index contributed by atoms with van der Waals surface area (Å²) in [6.07, 6.45) is 0.419. The molecule has 1 aliphatic heterocycles. The molecule has 2 heterocycles. The zero-order valence-electron chi connectivity index (χ0n) is 13.4. The van der Waals surface area contributed by atoms with E-state index in [1.54, 1.807) is 0 Å². The molecule has 3 rings (SSSR count). The van der Waals surface area contributed by atoms with E-state index in [-0.39, 0.29) is 11.6 Å². The Morgan fingerprint density at radius 3 is 2.71 bits per heavy atom. The van der Waals surface area contributed by atoms with Gasteiger partial charge in [-0.25, -0.2) is 4.79 Å². The van der Waals surface area contributed by atoms with Crippen LogP contribution in [0.4, 0.5) is 0 Å². The lowest BCUT2D eigenvalue weighted by Crippen LogP contribution is -2.32. The molecule has 0 unspecified atom stereocenters. The summed E-state index contributed by atoms with van der Waals surface area (Å²) in [6, 6.07) is 7.47. The van der Waals surface area contributed by atoms with Gasteiger partial charge in [0.15, 0.2) is 0 Å². The Hall–Kier alpha value is -3.03. The third kappa shape index (κ3) is 2.78. The lowest BCUT2D eigenvalue weighted by atomic mass is 10.00. The van der Waals surface area contributed by atoms with Gasteiger partial charge in [0, 0.05) is 13.5 Å². The molecule has 24 heavy (non-hydrogen) atoms. The number of H-pyrrole nitrogens is 1. The van der Waals surface area contributed by atoms with E-state index in [1.807, 2.05) is 31.2 Å². The van der Waals surface area contributed by atoms with Gasteiger partial charge in [-0.1, -0.05) is 12.1 Å². The molecule has 8 nitrogen and oxygen atoms in total. The van der Waals surface area contributed by atoms with Crippen molar-refractivity contribution in [2.45, 2.75) is 19.4 Å². The molecule has 0 radical (unpaired) electrons. The van der Waals surface area contributed by atoms with E-state index in [2.05, 4.69) is 15.5 Å². The van der Waals surface area contributed by atoms with Crippen molar-refractivity contribution in [3.8, 4) is 11.6 Å². The molecular formula is C16H18N4O4. The van der Waals surface area contributed by atoms with Crippen LogP contribution >= 0.6 is 0 Å². The summed E-state index contributed by atoms with van der Waals surface area (Å²) in [4.78, 5) is 25.7. The van der Waals surface area contributed by atoms with Gasteiger partial charge < -0.3 is 15.3 Å². The van der Waals surface area contributed by atoms with Crippen LogP contribution in [0, 0.1) is 0 Å². The minimum atomic E-state index is -0.670. The van der Waals surface area contributed by atoms with Crippen molar-refractivity contribution in [1.29, 1.82) is 0 Å². The molecule has 126 valence electrons. The van der Waals surface area contributed by atoms with Crippen LogP contribution in [0.25, 0.3) is 0 Å². The van der Waals surface area contributed by atoms with Crippen molar-refractivity contribution >= 4 is 5.71 Å². The Kier molecular flexibility index (Phi) is 4.11. The molecule has 1 aromatic heterocycles. The smallest absolute Gasteiger partial charge is 0.330 e. The Labute approximate surface area is 137 Å². The molecule has 3 N–H and O–H groups in total. The summed E-state index contributed by atoms with van der Waals surface area (Å²) in [6.45, 7) is 2.52.